The highest BCUT2D eigenvalue weighted by Gasteiger charge is 2.19. The Morgan fingerprint density at radius 3 is 2.39 bits per heavy atom. The van der Waals surface area contributed by atoms with E-state index < -0.39 is 6.10 Å². The van der Waals surface area contributed by atoms with Crippen molar-refractivity contribution < 1.29 is 14.6 Å². The Labute approximate surface area is 106 Å². The van der Waals surface area contributed by atoms with Crippen molar-refractivity contribution in [2.75, 3.05) is 14.2 Å². The second kappa shape index (κ2) is 5.10. The smallest absolute Gasteiger partial charge is 0.162 e. The van der Waals surface area contributed by atoms with Gasteiger partial charge < -0.3 is 14.6 Å². The third-order valence-electron chi connectivity index (χ3n) is 2.86. The Hall–Kier alpha value is -2.01. The normalized spacial score (nSPS) is 12.2. The number of rotatable bonds is 4. The quantitative estimate of drug-likeness (QED) is 0.891. The average molecular weight is 248 g/mol. The molecule has 0 spiro atoms. The van der Waals surface area contributed by atoms with Crippen LogP contribution in [0.15, 0.2) is 30.5 Å². The van der Waals surface area contributed by atoms with Gasteiger partial charge in [-0.1, -0.05) is 12.1 Å². The van der Waals surface area contributed by atoms with Gasteiger partial charge in [0.15, 0.2) is 5.75 Å². The molecule has 0 saturated heterocycles. The summed E-state index contributed by atoms with van der Waals surface area (Å²) in [4.78, 5) is 0. The maximum absolute atomic E-state index is 10.4. The van der Waals surface area contributed by atoms with Crippen LogP contribution in [-0.2, 0) is 7.05 Å². The number of aryl methyl sites for hydroxylation is 1. The minimum Gasteiger partial charge on any atom is -0.497 e. The van der Waals surface area contributed by atoms with Crippen LogP contribution in [0, 0.1) is 0 Å². The largest absolute Gasteiger partial charge is 0.497 e. The number of methoxy groups -OCH3 is 2. The summed E-state index contributed by atoms with van der Waals surface area (Å²) in [7, 11) is 4.93. The predicted octanol–water partition coefficient (Wildman–Crippen LogP) is 1.52. The molecule has 5 nitrogen and oxygen atoms in total. The lowest BCUT2D eigenvalue weighted by molar-refractivity contribution is 0.204. The topological polar surface area (TPSA) is 56.5 Å². The van der Waals surface area contributed by atoms with Crippen LogP contribution in [0.5, 0.6) is 11.5 Å². The van der Waals surface area contributed by atoms with Crippen molar-refractivity contribution in [2.45, 2.75) is 6.10 Å². The van der Waals surface area contributed by atoms with Crippen LogP contribution in [0.25, 0.3) is 0 Å². The van der Waals surface area contributed by atoms with Crippen LogP contribution >= 0.6 is 0 Å². The Kier molecular flexibility index (Phi) is 3.53. The third-order valence-corrected chi connectivity index (χ3v) is 2.86. The monoisotopic (exact) mass is 248 g/mol. The van der Waals surface area contributed by atoms with E-state index in [-0.39, 0.29) is 0 Å². The van der Waals surface area contributed by atoms with Gasteiger partial charge in [0.05, 0.1) is 20.4 Å². The molecule has 5 heteroatoms. The van der Waals surface area contributed by atoms with Crippen molar-refractivity contribution in [1.82, 2.24) is 9.78 Å². The Balaban J connectivity index is 2.34. The van der Waals surface area contributed by atoms with Crippen LogP contribution in [0.2, 0.25) is 0 Å². The molecular weight excluding hydrogens is 232 g/mol. The van der Waals surface area contributed by atoms with Gasteiger partial charge in [0, 0.05) is 7.05 Å². The number of aromatic nitrogens is 2. The maximum atomic E-state index is 10.4. The Bertz CT molecular complexity index is 520. The van der Waals surface area contributed by atoms with Gasteiger partial charge >= 0.3 is 0 Å². The standard InChI is InChI=1S/C13H16N2O3/c1-15-12(11(18-3)8-14-15)13(16)9-4-6-10(17-2)7-5-9/h4-8,13,16H,1-3H3. The zero-order chi connectivity index (χ0) is 13.1. The lowest BCUT2D eigenvalue weighted by atomic mass is 10.1. The van der Waals surface area contributed by atoms with Gasteiger partial charge in [-0.3, -0.25) is 4.68 Å². The zero-order valence-electron chi connectivity index (χ0n) is 10.6. The summed E-state index contributed by atoms with van der Waals surface area (Å²) in [5.74, 6) is 1.32. The highest BCUT2D eigenvalue weighted by Crippen LogP contribution is 2.29. The van der Waals surface area contributed by atoms with E-state index >= 15 is 0 Å². The SMILES string of the molecule is COc1ccc(C(O)c2c(OC)cnn2C)cc1. The summed E-state index contributed by atoms with van der Waals surface area (Å²) >= 11 is 0. The van der Waals surface area contributed by atoms with E-state index in [9.17, 15) is 5.11 Å². The van der Waals surface area contributed by atoms with Gasteiger partial charge in [0.1, 0.15) is 17.5 Å². The first kappa shape index (κ1) is 12.4. The molecule has 1 N–H and O–H groups in total. The molecule has 1 heterocycles. The Morgan fingerprint density at radius 1 is 1.17 bits per heavy atom. The van der Waals surface area contributed by atoms with Crippen LogP contribution in [0.3, 0.4) is 0 Å². The number of hydrogen-bond donors (Lipinski definition) is 1. The van der Waals surface area contributed by atoms with Gasteiger partial charge in [0.25, 0.3) is 0 Å². The molecule has 2 aromatic rings. The van der Waals surface area contributed by atoms with E-state index in [0.29, 0.717) is 11.4 Å². The van der Waals surface area contributed by atoms with Gasteiger partial charge in [-0.05, 0) is 17.7 Å². The van der Waals surface area contributed by atoms with E-state index in [1.54, 1.807) is 44.3 Å². The molecule has 1 aromatic carbocycles. The van der Waals surface area contributed by atoms with E-state index in [2.05, 4.69) is 5.10 Å². The molecule has 96 valence electrons. The van der Waals surface area contributed by atoms with Crippen molar-refractivity contribution >= 4 is 0 Å². The number of nitrogens with zero attached hydrogens (tertiary/aromatic N) is 2. The van der Waals surface area contributed by atoms with Crippen LogP contribution in [0.4, 0.5) is 0 Å². The van der Waals surface area contributed by atoms with E-state index in [4.69, 9.17) is 9.47 Å². The summed E-state index contributed by atoms with van der Waals surface area (Å²) in [6.45, 7) is 0. The molecule has 1 unspecified atom stereocenters. The van der Waals surface area contributed by atoms with Gasteiger partial charge in [-0.15, -0.1) is 0 Å². The first-order valence-electron chi connectivity index (χ1n) is 5.55. The zero-order valence-corrected chi connectivity index (χ0v) is 10.6. The summed E-state index contributed by atoms with van der Waals surface area (Å²) in [5, 5.41) is 14.4. The van der Waals surface area contributed by atoms with Crippen molar-refractivity contribution in [3.05, 3.63) is 41.7 Å². The summed E-state index contributed by atoms with van der Waals surface area (Å²) < 4.78 is 11.9. The number of aliphatic hydroxyl groups is 1. The van der Waals surface area contributed by atoms with Gasteiger partial charge in [0.2, 0.25) is 0 Å². The second-order valence-corrected chi connectivity index (χ2v) is 3.90. The molecule has 1 aromatic heterocycles. The Morgan fingerprint density at radius 2 is 1.83 bits per heavy atom. The van der Waals surface area contributed by atoms with Gasteiger partial charge in [-0.2, -0.15) is 5.10 Å². The lowest BCUT2D eigenvalue weighted by Crippen LogP contribution is -2.08. The fraction of sp³-hybridized carbons (Fsp3) is 0.308. The highest BCUT2D eigenvalue weighted by molar-refractivity contribution is 5.37. The van der Waals surface area contributed by atoms with E-state index in [0.717, 1.165) is 11.3 Å². The molecule has 0 aliphatic rings. The molecule has 0 aliphatic carbocycles. The van der Waals surface area contributed by atoms with Gasteiger partial charge in [-0.25, -0.2) is 0 Å². The second-order valence-electron chi connectivity index (χ2n) is 3.90. The molecule has 2 rings (SSSR count). The summed E-state index contributed by atoms with van der Waals surface area (Å²) in [5.41, 5.74) is 1.39. The number of ether oxygens (including phenoxy) is 2. The summed E-state index contributed by atoms with van der Waals surface area (Å²) in [6.07, 6.45) is 0.806. The molecular formula is C13H16N2O3. The first-order chi connectivity index (χ1) is 8.67. The lowest BCUT2D eigenvalue weighted by Gasteiger charge is -2.13. The minimum absolute atomic E-state index is 0.570. The maximum Gasteiger partial charge on any atom is 0.162 e. The minimum atomic E-state index is -0.779. The van der Waals surface area contributed by atoms with E-state index in [1.165, 1.54) is 0 Å². The van der Waals surface area contributed by atoms with E-state index in [1.807, 2.05) is 12.1 Å². The van der Waals surface area contributed by atoms with Crippen LogP contribution in [-0.4, -0.2) is 29.1 Å². The molecule has 18 heavy (non-hydrogen) atoms. The fourth-order valence-corrected chi connectivity index (χ4v) is 1.84. The van der Waals surface area contributed by atoms with Crippen LogP contribution in [0.1, 0.15) is 17.4 Å². The van der Waals surface area contributed by atoms with Crippen molar-refractivity contribution in [1.29, 1.82) is 0 Å². The fourth-order valence-electron chi connectivity index (χ4n) is 1.84. The third kappa shape index (κ3) is 2.17. The molecule has 1 atom stereocenters. The molecule has 0 bridgehead atoms. The first-order valence-corrected chi connectivity index (χ1v) is 5.55. The molecule has 0 fully saturated rings. The number of benzene rings is 1. The van der Waals surface area contributed by atoms with Crippen molar-refractivity contribution in [3.63, 3.8) is 0 Å². The van der Waals surface area contributed by atoms with Crippen molar-refractivity contribution in [3.8, 4) is 11.5 Å². The highest BCUT2D eigenvalue weighted by atomic mass is 16.5. The molecule has 0 radical (unpaired) electrons. The number of hydrogen-bond acceptors (Lipinski definition) is 4. The van der Waals surface area contributed by atoms with Crippen LogP contribution < -0.4 is 9.47 Å². The molecule has 0 aliphatic heterocycles. The molecule has 0 saturated carbocycles. The average Bonchev–Trinajstić information content (AvgIpc) is 2.79. The molecule has 0 amide bonds. The predicted molar refractivity (Wildman–Crippen MR) is 66.8 cm³/mol. The number of aliphatic hydroxyl groups excluding tert-OH is 1. The van der Waals surface area contributed by atoms with Crippen molar-refractivity contribution in [2.24, 2.45) is 7.05 Å². The summed E-state index contributed by atoms with van der Waals surface area (Å²) in [6, 6.07) is 7.24.